The lowest BCUT2D eigenvalue weighted by atomic mass is 10.1. The molecule has 2 unspecified atom stereocenters. The van der Waals surface area contributed by atoms with Gasteiger partial charge in [0.1, 0.15) is 0 Å². The first-order valence-electron chi connectivity index (χ1n) is 14.2. The minimum absolute atomic E-state index is 0.298. The molecule has 2 aromatic heterocycles. The molecule has 0 spiro atoms. The van der Waals surface area contributed by atoms with Crippen LogP contribution in [0.1, 0.15) is 24.8 Å². The van der Waals surface area contributed by atoms with Crippen LogP contribution in [0, 0.1) is 17.8 Å². The Morgan fingerprint density at radius 3 is 2.24 bits per heavy atom. The predicted octanol–water partition coefficient (Wildman–Crippen LogP) is 5.32. The summed E-state index contributed by atoms with van der Waals surface area (Å²) < 4.78 is 6.19. The number of hydrogen-bond donors (Lipinski definition) is 1. The quantitative estimate of drug-likeness (QED) is 0.370. The Morgan fingerprint density at radius 1 is 0.951 bits per heavy atom. The number of pyridine rings is 1. The smallest absolute Gasteiger partial charge is 0.303 e. The van der Waals surface area contributed by atoms with E-state index in [1.54, 1.807) is 18.5 Å². The zero-order chi connectivity index (χ0) is 28.5. The van der Waals surface area contributed by atoms with Gasteiger partial charge in [-0.2, -0.15) is 0 Å². The number of fused-ring (bicyclic) bond motifs is 1. The first-order chi connectivity index (χ1) is 19.8. The summed E-state index contributed by atoms with van der Waals surface area (Å²) in [7, 11) is 2.12. The van der Waals surface area contributed by atoms with Crippen molar-refractivity contribution in [3.63, 3.8) is 0 Å². The van der Waals surface area contributed by atoms with E-state index in [4.69, 9.17) is 32.9 Å². The number of aromatic nitrogens is 3. The molecule has 2 aliphatic heterocycles. The van der Waals surface area contributed by atoms with Crippen molar-refractivity contribution in [1.29, 1.82) is 0 Å². The van der Waals surface area contributed by atoms with Crippen LogP contribution in [0.2, 0.25) is 10.0 Å². The highest BCUT2D eigenvalue weighted by atomic mass is 35.5. The number of aliphatic carboxylic acids is 1. The summed E-state index contributed by atoms with van der Waals surface area (Å²) >= 11 is 12.6. The molecule has 1 saturated carbocycles. The topological polar surface area (TPSA) is 94.9 Å². The number of likely N-dealkylation sites (N-methyl/N-ethyl adjacent to an activating group) is 1. The van der Waals surface area contributed by atoms with Gasteiger partial charge >= 0.3 is 5.97 Å². The van der Waals surface area contributed by atoms with Gasteiger partial charge in [-0.25, -0.2) is 15.0 Å². The van der Waals surface area contributed by atoms with E-state index >= 15 is 0 Å². The number of carboxylic acids is 1. The molecule has 6 rings (SSSR count). The van der Waals surface area contributed by atoms with Gasteiger partial charge in [0.15, 0.2) is 5.75 Å². The summed E-state index contributed by atoms with van der Waals surface area (Å²) in [6.07, 6.45) is 5.75. The highest BCUT2D eigenvalue weighted by Crippen LogP contribution is 2.54. The van der Waals surface area contributed by atoms with Crippen molar-refractivity contribution >= 4 is 35.1 Å². The van der Waals surface area contributed by atoms with E-state index in [0.717, 1.165) is 75.5 Å². The molecule has 11 heteroatoms. The van der Waals surface area contributed by atoms with Crippen LogP contribution in [0.5, 0.6) is 11.6 Å². The minimum atomic E-state index is -0.683. The van der Waals surface area contributed by atoms with E-state index < -0.39 is 5.97 Å². The van der Waals surface area contributed by atoms with Gasteiger partial charge in [0, 0.05) is 60.8 Å². The molecule has 41 heavy (non-hydrogen) atoms. The lowest BCUT2D eigenvalue weighted by Gasteiger charge is -2.32. The monoisotopic (exact) mass is 596 g/mol. The van der Waals surface area contributed by atoms with Crippen LogP contribution in [0.4, 0.5) is 5.95 Å². The van der Waals surface area contributed by atoms with Crippen molar-refractivity contribution in [3.8, 4) is 22.9 Å². The third-order valence-electron chi connectivity index (χ3n) is 8.53. The third-order valence-corrected chi connectivity index (χ3v) is 8.96. The number of carboxylic acid groups (broad SMARTS) is 1. The SMILES string of the molecule is CN1CCN(c2ncc(Oc3cc(CN4CCC5C(CC4)C5CC(=O)O)cc(-c4cc(Cl)cc(Cl)c4)n3)cn2)CC1. The molecule has 216 valence electrons. The molecule has 4 heterocycles. The summed E-state index contributed by atoms with van der Waals surface area (Å²) in [5.41, 5.74) is 2.59. The molecule has 1 N–H and O–H groups in total. The maximum atomic E-state index is 11.2. The van der Waals surface area contributed by atoms with Gasteiger partial charge in [0.25, 0.3) is 0 Å². The second kappa shape index (κ2) is 12.1. The lowest BCUT2D eigenvalue weighted by Crippen LogP contribution is -2.45. The van der Waals surface area contributed by atoms with E-state index in [-0.39, 0.29) is 0 Å². The number of rotatable bonds is 8. The second-order valence-electron chi connectivity index (χ2n) is 11.4. The summed E-state index contributed by atoms with van der Waals surface area (Å²) in [4.78, 5) is 32.0. The molecule has 2 atom stereocenters. The van der Waals surface area contributed by atoms with Crippen LogP contribution in [-0.4, -0.2) is 82.1 Å². The molecule has 3 fully saturated rings. The average Bonchev–Trinajstić information content (AvgIpc) is 3.64. The summed E-state index contributed by atoms with van der Waals surface area (Å²) in [5.74, 6) is 2.39. The summed E-state index contributed by atoms with van der Waals surface area (Å²) in [5, 5.41) is 10.3. The fraction of sp³-hybridized carbons (Fsp3) is 0.467. The molecular weight excluding hydrogens is 563 g/mol. The van der Waals surface area contributed by atoms with Crippen molar-refractivity contribution in [3.05, 3.63) is 58.3 Å². The molecule has 9 nitrogen and oxygen atoms in total. The Morgan fingerprint density at radius 2 is 1.61 bits per heavy atom. The normalized spacial score (nSPS) is 23.1. The highest BCUT2D eigenvalue weighted by Gasteiger charge is 2.50. The van der Waals surface area contributed by atoms with Crippen molar-refractivity contribution < 1.29 is 14.6 Å². The average molecular weight is 598 g/mol. The van der Waals surface area contributed by atoms with Crippen LogP contribution in [0.25, 0.3) is 11.3 Å². The van der Waals surface area contributed by atoms with E-state index in [1.807, 2.05) is 18.2 Å². The summed E-state index contributed by atoms with van der Waals surface area (Å²) in [6, 6.07) is 9.41. The molecule has 1 aromatic carbocycles. The maximum Gasteiger partial charge on any atom is 0.303 e. The first kappa shape index (κ1) is 28.2. The Bertz CT molecular complexity index is 1370. The number of ether oxygens (including phenoxy) is 1. The van der Waals surface area contributed by atoms with Crippen LogP contribution in [0.15, 0.2) is 42.7 Å². The van der Waals surface area contributed by atoms with E-state index in [2.05, 4.69) is 37.8 Å². The van der Waals surface area contributed by atoms with Crippen molar-refractivity contribution in [2.24, 2.45) is 17.8 Å². The number of nitrogens with zero attached hydrogens (tertiary/aromatic N) is 6. The molecule has 1 aliphatic carbocycles. The number of benzene rings is 1. The van der Waals surface area contributed by atoms with Gasteiger partial charge in [-0.1, -0.05) is 23.2 Å². The van der Waals surface area contributed by atoms with Gasteiger partial charge in [0.05, 0.1) is 18.1 Å². The number of piperazine rings is 1. The Hall–Kier alpha value is -2.98. The maximum absolute atomic E-state index is 11.2. The zero-order valence-electron chi connectivity index (χ0n) is 23.0. The first-order valence-corrected chi connectivity index (χ1v) is 14.9. The Kier molecular flexibility index (Phi) is 8.30. The molecule has 0 amide bonds. The van der Waals surface area contributed by atoms with Gasteiger partial charge in [-0.05, 0) is 80.6 Å². The molecule has 0 radical (unpaired) electrons. The van der Waals surface area contributed by atoms with E-state index in [0.29, 0.717) is 51.8 Å². The Labute approximate surface area is 250 Å². The van der Waals surface area contributed by atoms with Crippen LogP contribution >= 0.6 is 23.2 Å². The van der Waals surface area contributed by atoms with Crippen molar-refractivity contribution in [1.82, 2.24) is 24.8 Å². The van der Waals surface area contributed by atoms with Crippen molar-refractivity contribution in [2.75, 3.05) is 51.2 Å². The largest absolute Gasteiger partial charge is 0.481 e. The number of carbonyl (C=O) groups is 1. The Balaban J connectivity index is 1.20. The standard InChI is InChI=1S/C30H34Cl2N6O3/c1-36-6-8-38(9-7-36)30-33-16-23(17-34-30)41-28-11-19(10-27(35-28)20-12-21(31)14-22(32)13-20)18-37-4-2-24-25(3-5-37)26(24)15-29(39)40/h10-14,16-17,24-26H,2-9,15,18H2,1H3,(H,39,40). The van der Waals surface area contributed by atoms with Gasteiger partial charge in [-0.3, -0.25) is 9.69 Å². The number of likely N-dealkylation sites (tertiary alicyclic amines) is 1. The molecule has 0 bridgehead atoms. The number of halogens is 2. The van der Waals surface area contributed by atoms with Crippen LogP contribution in [0.3, 0.4) is 0 Å². The lowest BCUT2D eigenvalue weighted by molar-refractivity contribution is -0.137. The van der Waals surface area contributed by atoms with Gasteiger partial charge in [-0.15, -0.1) is 0 Å². The van der Waals surface area contributed by atoms with Crippen molar-refractivity contribution in [2.45, 2.75) is 25.8 Å². The van der Waals surface area contributed by atoms with Gasteiger partial charge in [0.2, 0.25) is 11.8 Å². The van der Waals surface area contributed by atoms with Crippen LogP contribution < -0.4 is 9.64 Å². The zero-order valence-corrected chi connectivity index (χ0v) is 24.6. The van der Waals surface area contributed by atoms with E-state index in [1.165, 1.54) is 0 Å². The predicted molar refractivity (Wildman–Crippen MR) is 159 cm³/mol. The highest BCUT2D eigenvalue weighted by molar-refractivity contribution is 6.35. The van der Waals surface area contributed by atoms with Crippen LogP contribution in [-0.2, 0) is 11.3 Å². The molecule has 3 aromatic rings. The third kappa shape index (κ3) is 6.92. The molecular formula is C30H34Cl2N6O3. The second-order valence-corrected chi connectivity index (χ2v) is 12.3. The fourth-order valence-electron chi connectivity index (χ4n) is 6.28. The fourth-order valence-corrected chi connectivity index (χ4v) is 6.81. The van der Waals surface area contributed by atoms with Gasteiger partial charge < -0.3 is 19.6 Å². The molecule has 3 aliphatic rings. The van der Waals surface area contributed by atoms with E-state index in [9.17, 15) is 9.90 Å². The molecule has 2 saturated heterocycles. The summed E-state index contributed by atoms with van der Waals surface area (Å²) in [6.45, 7) is 6.37. The minimum Gasteiger partial charge on any atom is -0.481 e. The number of hydrogen-bond acceptors (Lipinski definition) is 8. The number of anilines is 1.